The molecule has 16 heteroatoms. The van der Waals surface area contributed by atoms with E-state index in [1.165, 1.54) is 20.1 Å². The lowest BCUT2D eigenvalue weighted by molar-refractivity contribution is -0.385. The van der Waals surface area contributed by atoms with E-state index >= 15 is 0 Å². The number of hydrogen-bond donors (Lipinski definition) is 0. The second-order valence-electron chi connectivity index (χ2n) is 7.28. The first-order valence-electron chi connectivity index (χ1n) is 9.74. The number of benzene rings is 1. The fourth-order valence-electron chi connectivity index (χ4n) is 3.43. The number of rotatable bonds is 6. The van der Waals surface area contributed by atoms with Crippen LogP contribution in [0.25, 0.3) is 0 Å². The number of aryl methyl sites for hydroxylation is 1. The van der Waals surface area contributed by atoms with E-state index < -0.39 is 73.4 Å². The van der Waals surface area contributed by atoms with Crippen LogP contribution in [0.5, 0.6) is 5.75 Å². The van der Waals surface area contributed by atoms with Gasteiger partial charge >= 0.3 is 11.9 Å². The highest BCUT2D eigenvalue weighted by atomic mass is 32.2. The van der Waals surface area contributed by atoms with Gasteiger partial charge < -0.3 is 14.4 Å². The van der Waals surface area contributed by atoms with Crippen LogP contribution in [0.4, 0.5) is 29.1 Å². The van der Waals surface area contributed by atoms with Crippen LogP contribution in [0.15, 0.2) is 23.1 Å². The summed E-state index contributed by atoms with van der Waals surface area (Å²) in [4.78, 5) is 18.5. The van der Waals surface area contributed by atoms with Gasteiger partial charge in [-0.3, -0.25) is 10.1 Å². The Morgan fingerprint density at radius 3 is 2.60 bits per heavy atom. The number of methoxy groups -OCH3 is 1. The quantitative estimate of drug-likeness (QED) is 0.317. The van der Waals surface area contributed by atoms with Crippen molar-refractivity contribution >= 4 is 21.3 Å². The van der Waals surface area contributed by atoms with Crippen LogP contribution in [0.2, 0.25) is 0 Å². The summed E-state index contributed by atoms with van der Waals surface area (Å²) in [5.41, 5.74) is -1.98. The first-order valence-corrected chi connectivity index (χ1v) is 11.3. The monoisotopic (exact) mass is 519 g/mol. The van der Waals surface area contributed by atoms with E-state index in [2.05, 4.69) is 14.7 Å². The summed E-state index contributed by atoms with van der Waals surface area (Å²) in [7, 11) is -3.71. The molecule has 1 aliphatic rings. The predicted molar refractivity (Wildman–Crippen MR) is 110 cm³/mol. The van der Waals surface area contributed by atoms with Crippen LogP contribution >= 0.6 is 0 Å². The molecule has 0 aliphatic carbocycles. The molecule has 0 bridgehead atoms. The zero-order valence-electron chi connectivity index (χ0n) is 18.1. The summed E-state index contributed by atoms with van der Waals surface area (Å²) in [5.74, 6) is -2.16. The highest BCUT2D eigenvalue weighted by Crippen LogP contribution is 2.40. The number of halogens is 4. The van der Waals surface area contributed by atoms with Crippen molar-refractivity contribution in [2.75, 3.05) is 31.7 Å². The summed E-state index contributed by atoms with van der Waals surface area (Å²) in [5, 5.41) is 19.3. The first kappa shape index (κ1) is 26.0. The third-order valence-electron chi connectivity index (χ3n) is 5.04. The topological polar surface area (TPSA) is 149 Å². The molecule has 1 aliphatic heterocycles. The number of alkyl halides is 3. The molecule has 0 amide bonds. The molecule has 1 aromatic carbocycles. The van der Waals surface area contributed by atoms with Crippen LogP contribution in [-0.2, 0) is 14.6 Å². The Bertz CT molecular complexity index is 1300. The Morgan fingerprint density at radius 1 is 1.37 bits per heavy atom. The van der Waals surface area contributed by atoms with Crippen LogP contribution < -0.4 is 9.64 Å². The molecular formula is C19H17F4N5O6S. The Morgan fingerprint density at radius 2 is 2.06 bits per heavy atom. The van der Waals surface area contributed by atoms with Crippen molar-refractivity contribution in [2.45, 2.75) is 29.3 Å². The zero-order valence-corrected chi connectivity index (χ0v) is 18.9. The predicted octanol–water partition coefficient (Wildman–Crippen LogP) is 2.65. The van der Waals surface area contributed by atoms with Gasteiger partial charge in [-0.2, -0.15) is 18.4 Å². The van der Waals surface area contributed by atoms with Gasteiger partial charge in [0.15, 0.2) is 11.8 Å². The van der Waals surface area contributed by atoms with Gasteiger partial charge in [0.25, 0.3) is 0 Å². The van der Waals surface area contributed by atoms with Crippen molar-refractivity contribution in [3.63, 3.8) is 0 Å². The highest BCUT2D eigenvalue weighted by Gasteiger charge is 2.46. The Hall–Kier alpha value is -3.58. The van der Waals surface area contributed by atoms with E-state index in [1.807, 2.05) is 0 Å². The van der Waals surface area contributed by atoms with Gasteiger partial charge in [-0.1, -0.05) is 0 Å². The zero-order chi connectivity index (χ0) is 26.1. The minimum Gasteiger partial charge on any atom is -0.497 e. The smallest absolute Gasteiger partial charge is 0.416 e. The number of morpholine rings is 1. The number of nitrogens with zero attached hydrogens (tertiary/aromatic N) is 5. The van der Waals surface area contributed by atoms with E-state index in [9.17, 15) is 41.4 Å². The van der Waals surface area contributed by atoms with Crippen LogP contribution in [0, 0.1) is 34.2 Å². The molecule has 0 N–H and O–H groups in total. The van der Waals surface area contributed by atoms with Gasteiger partial charge in [0.1, 0.15) is 22.3 Å². The van der Waals surface area contributed by atoms with Crippen LogP contribution in [0.1, 0.15) is 16.8 Å². The molecular weight excluding hydrogens is 502 g/mol. The third kappa shape index (κ3) is 5.10. The maximum atomic E-state index is 14.5. The lowest BCUT2D eigenvalue weighted by Gasteiger charge is -2.34. The summed E-state index contributed by atoms with van der Waals surface area (Å²) in [6, 6.07) is 4.08. The largest absolute Gasteiger partial charge is 0.497 e. The van der Waals surface area contributed by atoms with Crippen molar-refractivity contribution in [2.24, 2.45) is 0 Å². The summed E-state index contributed by atoms with van der Waals surface area (Å²) < 4.78 is 89.9. The molecule has 1 aromatic heterocycles. The minimum absolute atomic E-state index is 0.0207. The number of sulfone groups is 1. The average Bonchev–Trinajstić information content (AvgIpc) is 2.78. The van der Waals surface area contributed by atoms with Gasteiger partial charge in [0.2, 0.25) is 20.9 Å². The Kier molecular flexibility index (Phi) is 7.13. The summed E-state index contributed by atoms with van der Waals surface area (Å²) >= 11 is 0. The van der Waals surface area contributed by atoms with E-state index in [0.29, 0.717) is 0 Å². The number of nitriles is 1. The normalized spacial score (nSPS) is 17.5. The van der Waals surface area contributed by atoms with E-state index in [1.54, 1.807) is 0 Å². The third-order valence-corrected chi connectivity index (χ3v) is 6.93. The molecule has 11 nitrogen and oxygen atoms in total. The van der Waals surface area contributed by atoms with Gasteiger partial charge in [-0.15, -0.1) is 0 Å². The number of aromatic nitrogens is 2. The van der Waals surface area contributed by atoms with E-state index in [-0.39, 0.29) is 18.1 Å². The fourth-order valence-corrected chi connectivity index (χ4v) is 4.87. The second kappa shape index (κ2) is 9.58. The number of nitro groups is 1. The van der Waals surface area contributed by atoms with Crippen molar-refractivity contribution < 1.29 is 40.4 Å². The second-order valence-corrected chi connectivity index (χ2v) is 9.28. The van der Waals surface area contributed by atoms with Gasteiger partial charge in [-0.25, -0.2) is 22.8 Å². The lowest BCUT2D eigenvalue weighted by atomic mass is 10.2. The molecule has 2 heterocycles. The first-order chi connectivity index (χ1) is 16.3. The molecule has 3 rings (SSSR count). The lowest BCUT2D eigenvalue weighted by Crippen LogP contribution is -2.49. The molecule has 1 fully saturated rings. The number of anilines is 1. The van der Waals surface area contributed by atoms with Gasteiger partial charge in [-0.05, 0) is 19.1 Å². The average molecular weight is 519 g/mol. The van der Waals surface area contributed by atoms with Crippen molar-refractivity contribution in [3.05, 3.63) is 45.6 Å². The summed E-state index contributed by atoms with van der Waals surface area (Å²) in [6.07, 6.45) is -7.05. The fraction of sp³-hybridized carbons (Fsp3) is 0.421. The molecule has 2 atom stereocenters. The van der Waals surface area contributed by atoms with Crippen LogP contribution in [-0.4, -0.2) is 62.4 Å². The standard InChI is InChI=1S/C19H17F4N5O6S/c1-10-25-16(14(8-24)35(31,32)13-4-3-11(33-2)7-12(13)20)17(28(29)30)18(26-10)27-5-6-34-15(9-27)19(21,22)23/h3-4,7,14-15H,5-6,9H2,1-2H3/t14?,15-/m1/s1. The van der Waals surface area contributed by atoms with E-state index in [4.69, 9.17) is 4.74 Å². The SMILES string of the molecule is COc1ccc(S(=O)(=O)C(C#N)c2nc(C)nc(N3CCO[C@@H](C(F)(F)F)C3)c2[N+](=O)[O-])c(F)c1. The van der Waals surface area contributed by atoms with Gasteiger partial charge in [0, 0.05) is 12.6 Å². The molecule has 188 valence electrons. The maximum absolute atomic E-state index is 14.5. The maximum Gasteiger partial charge on any atom is 0.416 e. The highest BCUT2D eigenvalue weighted by molar-refractivity contribution is 7.92. The molecule has 1 saturated heterocycles. The van der Waals surface area contributed by atoms with Crippen molar-refractivity contribution in [3.8, 4) is 11.8 Å². The van der Waals surface area contributed by atoms with Gasteiger partial charge in [0.05, 0.1) is 31.3 Å². The Labute approximate surface area is 196 Å². The van der Waals surface area contributed by atoms with Crippen molar-refractivity contribution in [1.29, 1.82) is 5.26 Å². The molecule has 0 radical (unpaired) electrons. The van der Waals surface area contributed by atoms with E-state index in [0.717, 1.165) is 23.1 Å². The molecule has 2 aromatic rings. The number of hydrogen-bond acceptors (Lipinski definition) is 10. The number of ether oxygens (including phenoxy) is 2. The summed E-state index contributed by atoms with van der Waals surface area (Å²) in [6.45, 7) is -0.331. The minimum atomic E-state index is -4.92. The molecule has 35 heavy (non-hydrogen) atoms. The molecule has 1 unspecified atom stereocenters. The Balaban J connectivity index is 2.18. The van der Waals surface area contributed by atoms with Crippen LogP contribution in [0.3, 0.4) is 0 Å². The van der Waals surface area contributed by atoms with Crippen molar-refractivity contribution in [1.82, 2.24) is 9.97 Å². The molecule has 0 saturated carbocycles. The molecule has 0 spiro atoms.